The van der Waals surface area contributed by atoms with Crippen molar-refractivity contribution in [2.45, 2.75) is 38.5 Å². The summed E-state index contributed by atoms with van der Waals surface area (Å²) in [6, 6.07) is 3.12. The summed E-state index contributed by atoms with van der Waals surface area (Å²) in [5, 5.41) is 12.2. The van der Waals surface area contributed by atoms with E-state index in [4.69, 9.17) is 9.47 Å². The Kier molecular flexibility index (Phi) is 4.90. The normalized spacial score (nSPS) is 17.4. The Labute approximate surface area is 122 Å². The van der Waals surface area contributed by atoms with Gasteiger partial charge in [0.1, 0.15) is 11.6 Å². The van der Waals surface area contributed by atoms with Gasteiger partial charge in [0.2, 0.25) is 0 Å². The minimum absolute atomic E-state index is 0.0628. The Bertz CT molecular complexity index is 526. The second-order valence-corrected chi connectivity index (χ2v) is 5.64. The average molecular weight is 299 g/mol. The van der Waals surface area contributed by atoms with E-state index in [-0.39, 0.29) is 11.9 Å². The van der Waals surface area contributed by atoms with Crippen molar-refractivity contribution >= 4 is 6.21 Å². The number of rotatable bonds is 5. The molecule has 0 N–H and O–H groups in total. The summed E-state index contributed by atoms with van der Waals surface area (Å²) in [4.78, 5) is 0. The van der Waals surface area contributed by atoms with Crippen LogP contribution in [0.1, 0.15) is 32.3 Å². The SMILES string of the molecule is CC(C)(CCC1OCCO1)/[N+]([O-])=C/c1ccc(F)cc1F. The van der Waals surface area contributed by atoms with Gasteiger partial charge in [-0.25, -0.2) is 13.5 Å². The molecule has 1 aromatic carbocycles. The summed E-state index contributed by atoms with van der Waals surface area (Å²) >= 11 is 0. The summed E-state index contributed by atoms with van der Waals surface area (Å²) < 4.78 is 37.7. The molecule has 0 spiro atoms. The minimum atomic E-state index is -0.755. The van der Waals surface area contributed by atoms with Gasteiger partial charge in [-0.05, 0) is 12.1 Å². The highest BCUT2D eigenvalue weighted by atomic mass is 19.1. The van der Waals surface area contributed by atoms with Crippen LogP contribution in [0.4, 0.5) is 8.78 Å². The molecule has 1 saturated heterocycles. The van der Waals surface area contributed by atoms with Crippen LogP contribution in [0, 0.1) is 16.8 Å². The highest BCUT2D eigenvalue weighted by molar-refractivity contribution is 5.76. The van der Waals surface area contributed by atoms with Gasteiger partial charge >= 0.3 is 0 Å². The maximum atomic E-state index is 13.6. The van der Waals surface area contributed by atoms with Gasteiger partial charge in [-0.15, -0.1) is 0 Å². The number of halogens is 2. The number of hydrogen-bond donors (Lipinski definition) is 0. The molecule has 1 aliphatic rings. The van der Waals surface area contributed by atoms with Crippen LogP contribution in [0.3, 0.4) is 0 Å². The molecule has 1 fully saturated rings. The van der Waals surface area contributed by atoms with Crippen LogP contribution in [0.25, 0.3) is 0 Å². The molecule has 1 aromatic rings. The van der Waals surface area contributed by atoms with Gasteiger partial charge in [-0.3, -0.25) is 0 Å². The summed E-state index contributed by atoms with van der Waals surface area (Å²) in [5.41, 5.74) is -0.677. The molecule has 0 saturated carbocycles. The fraction of sp³-hybridized carbons (Fsp3) is 0.533. The summed E-state index contributed by atoms with van der Waals surface area (Å²) in [5.74, 6) is -1.43. The fourth-order valence-corrected chi connectivity index (χ4v) is 2.06. The van der Waals surface area contributed by atoms with E-state index in [1.807, 2.05) is 0 Å². The lowest BCUT2D eigenvalue weighted by Crippen LogP contribution is -2.34. The Hall–Kier alpha value is -1.53. The molecule has 1 aliphatic heterocycles. The molecule has 6 heteroatoms. The predicted molar refractivity (Wildman–Crippen MR) is 74.2 cm³/mol. The number of benzene rings is 1. The van der Waals surface area contributed by atoms with Crippen LogP contribution in [0.2, 0.25) is 0 Å². The molecule has 0 amide bonds. The topological polar surface area (TPSA) is 44.5 Å². The van der Waals surface area contributed by atoms with Crippen molar-refractivity contribution in [3.05, 3.63) is 40.6 Å². The summed E-state index contributed by atoms with van der Waals surface area (Å²) in [6.07, 6.45) is 1.98. The van der Waals surface area contributed by atoms with Gasteiger partial charge in [0.05, 0.1) is 18.8 Å². The molecule has 116 valence electrons. The molecule has 21 heavy (non-hydrogen) atoms. The lowest BCUT2D eigenvalue weighted by Gasteiger charge is -2.25. The molecule has 1 heterocycles. The zero-order valence-corrected chi connectivity index (χ0v) is 12.1. The third-order valence-electron chi connectivity index (χ3n) is 3.50. The van der Waals surface area contributed by atoms with E-state index in [2.05, 4.69) is 0 Å². The lowest BCUT2D eigenvalue weighted by atomic mass is 9.98. The Morgan fingerprint density at radius 2 is 2.00 bits per heavy atom. The zero-order valence-electron chi connectivity index (χ0n) is 12.1. The highest BCUT2D eigenvalue weighted by Crippen LogP contribution is 2.21. The third-order valence-corrected chi connectivity index (χ3v) is 3.50. The van der Waals surface area contributed by atoms with E-state index in [0.29, 0.717) is 30.8 Å². The van der Waals surface area contributed by atoms with Crippen LogP contribution in [-0.2, 0) is 9.47 Å². The summed E-state index contributed by atoms with van der Waals surface area (Å²) in [7, 11) is 0. The van der Waals surface area contributed by atoms with E-state index in [9.17, 15) is 14.0 Å². The monoisotopic (exact) mass is 299 g/mol. The molecule has 0 unspecified atom stereocenters. The van der Waals surface area contributed by atoms with Crippen molar-refractivity contribution < 1.29 is 23.0 Å². The van der Waals surface area contributed by atoms with E-state index in [0.717, 1.165) is 18.3 Å². The number of hydroxylamine groups is 1. The first-order valence-corrected chi connectivity index (χ1v) is 6.88. The number of ether oxygens (including phenoxy) is 2. The predicted octanol–water partition coefficient (Wildman–Crippen LogP) is 2.83. The first kappa shape index (κ1) is 15.9. The van der Waals surface area contributed by atoms with Crippen LogP contribution < -0.4 is 0 Å². The number of hydrogen-bond acceptors (Lipinski definition) is 3. The van der Waals surface area contributed by atoms with Crippen LogP contribution in [-0.4, -0.2) is 36.0 Å². The molecule has 0 aromatic heterocycles. The summed E-state index contributed by atoms with van der Waals surface area (Å²) in [6.45, 7) is 4.65. The van der Waals surface area contributed by atoms with Crippen molar-refractivity contribution in [1.29, 1.82) is 0 Å². The Morgan fingerprint density at radius 3 is 2.62 bits per heavy atom. The zero-order chi connectivity index (χ0) is 15.5. The van der Waals surface area contributed by atoms with Crippen molar-refractivity contribution in [3.63, 3.8) is 0 Å². The van der Waals surface area contributed by atoms with Crippen molar-refractivity contribution in [1.82, 2.24) is 0 Å². The molecule has 4 nitrogen and oxygen atoms in total. The van der Waals surface area contributed by atoms with Gasteiger partial charge in [-0.1, -0.05) is 0 Å². The maximum Gasteiger partial charge on any atom is 0.185 e. The van der Waals surface area contributed by atoms with Gasteiger partial charge in [0.25, 0.3) is 0 Å². The lowest BCUT2D eigenvalue weighted by molar-refractivity contribution is -0.538. The average Bonchev–Trinajstić information content (AvgIpc) is 2.93. The van der Waals surface area contributed by atoms with Crippen molar-refractivity contribution in [3.8, 4) is 0 Å². The Balaban J connectivity index is 2.04. The first-order chi connectivity index (χ1) is 9.88. The van der Waals surface area contributed by atoms with Crippen LogP contribution in [0.15, 0.2) is 18.2 Å². The van der Waals surface area contributed by atoms with Crippen molar-refractivity contribution in [2.75, 3.05) is 13.2 Å². The van der Waals surface area contributed by atoms with Gasteiger partial charge in [0, 0.05) is 32.8 Å². The molecule has 2 rings (SSSR count). The second kappa shape index (κ2) is 6.49. The van der Waals surface area contributed by atoms with Gasteiger partial charge in [-0.2, -0.15) is 0 Å². The first-order valence-electron chi connectivity index (χ1n) is 6.88. The smallest absolute Gasteiger partial charge is 0.185 e. The third kappa shape index (κ3) is 4.22. The molecule has 0 bridgehead atoms. The molecular weight excluding hydrogens is 280 g/mol. The number of nitrogens with zero attached hydrogens (tertiary/aromatic N) is 1. The molecular formula is C15H19F2NO3. The Morgan fingerprint density at radius 1 is 1.33 bits per heavy atom. The molecule has 0 atom stereocenters. The molecule has 0 aliphatic carbocycles. The largest absolute Gasteiger partial charge is 0.623 e. The van der Waals surface area contributed by atoms with E-state index < -0.39 is 17.2 Å². The fourth-order valence-electron chi connectivity index (χ4n) is 2.06. The maximum absolute atomic E-state index is 13.6. The second-order valence-electron chi connectivity index (χ2n) is 5.64. The quantitative estimate of drug-likeness (QED) is 0.363. The van der Waals surface area contributed by atoms with E-state index >= 15 is 0 Å². The standard InChI is InChI=1S/C15H19F2NO3/c1-15(2,6-5-14-20-7-8-21-14)18(19)10-11-3-4-12(16)9-13(11)17/h3-4,9-10,14H,5-8H2,1-2H3/b18-10-. The van der Waals surface area contributed by atoms with Gasteiger partial charge < -0.3 is 14.7 Å². The van der Waals surface area contributed by atoms with E-state index in [1.54, 1.807) is 13.8 Å². The highest BCUT2D eigenvalue weighted by Gasteiger charge is 2.29. The van der Waals surface area contributed by atoms with Crippen molar-refractivity contribution in [2.24, 2.45) is 0 Å². The van der Waals surface area contributed by atoms with Crippen LogP contribution in [0.5, 0.6) is 0 Å². The van der Waals surface area contributed by atoms with Crippen LogP contribution >= 0.6 is 0 Å². The van der Waals surface area contributed by atoms with Gasteiger partial charge in [0.15, 0.2) is 18.0 Å². The molecule has 0 radical (unpaired) electrons. The minimum Gasteiger partial charge on any atom is -0.623 e. The van der Waals surface area contributed by atoms with E-state index in [1.165, 1.54) is 6.07 Å².